The molecule has 0 aliphatic heterocycles. The summed E-state index contributed by atoms with van der Waals surface area (Å²) in [4.78, 5) is 12.4. The molecule has 0 radical (unpaired) electrons. The molecule has 0 spiro atoms. The van der Waals surface area contributed by atoms with E-state index in [1.54, 1.807) is 12.1 Å². The van der Waals surface area contributed by atoms with Crippen LogP contribution in [-0.4, -0.2) is 17.3 Å². The lowest BCUT2D eigenvalue weighted by molar-refractivity contribution is 0.393. The minimum absolute atomic E-state index is 0.00743. The Bertz CT molecular complexity index is 991. The van der Waals surface area contributed by atoms with E-state index in [2.05, 4.69) is 10.2 Å². The Morgan fingerprint density at radius 2 is 1.62 bits per heavy atom. The first-order valence-electron chi connectivity index (χ1n) is 7.87. The van der Waals surface area contributed by atoms with Crippen LogP contribution in [0.3, 0.4) is 0 Å². The number of aromatic amines is 1. The summed E-state index contributed by atoms with van der Waals surface area (Å²) in [5.41, 5.74) is -0.0888. The first-order chi connectivity index (χ1) is 12.5. The van der Waals surface area contributed by atoms with Crippen LogP contribution in [0.4, 0.5) is 13.2 Å². The van der Waals surface area contributed by atoms with Gasteiger partial charge < -0.3 is 4.74 Å². The first kappa shape index (κ1) is 17.7. The monoisotopic (exact) mass is 360 g/mol. The molecule has 0 atom stereocenters. The molecule has 134 valence electrons. The zero-order chi connectivity index (χ0) is 18.8. The Labute approximate surface area is 147 Å². The van der Waals surface area contributed by atoms with Gasteiger partial charge in [-0.3, -0.25) is 4.79 Å². The summed E-state index contributed by atoms with van der Waals surface area (Å²) in [5.74, 6) is -3.46. The van der Waals surface area contributed by atoms with Crippen LogP contribution in [0.15, 0.2) is 41.2 Å². The average Bonchev–Trinajstić information content (AvgIpc) is 2.62. The topological polar surface area (TPSA) is 55.0 Å². The number of rotatable bonds is 4. The Hall–Kier alpha value is -3.09. The molecule has 0 unspecified atom stereocenters. The Balaban J connectivity index is 2.37. The lowest BCUT2D eigenvalue weighted by atomic mass is 9.95. The van der Waals surface area contributed by atoms with Gasteiger partial charge in [-0.2, -0.15) is 0 Å². The number of hydrogen-bond acceptors (Lipinski definition) is 3. The Kier molecular flexibility index (Phi) is 4.79. The molecule has 1 N–H and O–H groups in total. The van der Waals surface area contributed by atoms with Gasteiger partial charge in [-0.1, -0.05) is 31.2 Å². The standard InChI is InChI=1S/C19H15F3N2O2/c1-3-10-4-6-11(7-5-10)15-17(18(25)23-24-19(15)26-2)16-13(21)8-12(20)9-14(16)22/h4-9H,3H2,1-2H3,(H,23,25). The molecule has 26 heavy (non-hydrogen) atoms. The second-order valence-electron chi connectivity index (χ2n) is 5.61. The quantitative estimate of drug-likeness (QED) is 0.762. The third-order valence-electron chi connectivity index (χ3n) is 4.05. The van der Waals surface area contributed by atoms with Crippen molar-refractivity contribution in [2.45, 2.75) is 13.3 Å². The number of aryl methyl sites for hydroxylation is 1. The van der Waals surface area contributed by atoms with E-state index in [1.807, 2.05) is 19.1 Å². The highest BCUT2D eigenvalue weighted by atomic mass is 19.1. The number of aromatic nitrogens is 2. The van der Waals surface area contributed by atoms with Gasteiger partial charge in [0.15, 0.2) is 0 Å². The minimum Gasteiger partial charge on any atom is -0.480 e. The molecular formula is C19H15F3N2O2. The summed E-state index contributed by atoms with van der Waals surface area (Å²) in [6.45, 7) is 1.99. The second kappa shape index (κ2) is 7.03. The van der Waals surface area contributed by atoms with Crippen LogP contribution in [0, 0.1) is 17.5 Å². The predicted molar refractivity (Wildman–Crippen MR) is 91.5 cm³/mol. The highest BCUT2D eigenvalue weighted by Gasteiger charge is 2.24. The van der Waals surface area contributed by atoms with E-state index in [0.29, 0.717) is 17.7 Å². The molecule has 0 aliphatic carbocycles. The van der Waals surface area contributed by atoms with Crippen LogP contribution in [0.1, 0.15) is 12.5 Å². The molecule has 4 nitrogen and oxygen atoms in total. The highest BCUT2D eigenvalue weighted by Crippen LogP contribution is 2.37. The molecule has 0 saturated carbocycles. The molecule has 3 aromatic rings. The lowest BCUT2D eigenvalue weighted by Gasteiger charge is -2.14. The van der Waals surface area contributed by atoms with Crippen molar-refractivity contribution in [3.05, 3.63) is 69.8 Å². The van der Waals surface area contributed by atoms with E-state index in [-0.39, 0.29) is 17.0 Å². The van der Waals surface area contributed by atoms with Crippen molar-refractivity contribution in [3.8, 4) is 28.1 Å². The molecular weight excluding hydrogens is 345 g/mol. The number of H-pyrrole nitrogens is 1. The van der Waals surface area contributed by atoms with E-state index in [1.165, 1.54) is 7.11 Å². The van der Waals surface area contributed by atoms with Crippen molar-refractivity contribution in [2.24, 2.45) is 0 Å². The fourth-order valence-electron chi connectivity index (χ4n) is 2.78. The maximum Gasteiger partial charge on any atom is 0.273 e. The summed E-state index contributed by atoms with van der Waals surface area (Å²) in [7, 11) is 1.33. The van der Waals surface area contributed by atoms with Crippen LogP contribution in [-0.2, 0) is 6.42 Å². The molecule has 0 saturated heterocycles. The van der Waals surface area contributed by atoms with Gasteiger partial charge in [0, 0.05) is 12.1 Å². The van der Waals surface area contributed by atoms with E-state index in [0.717, 1.165) is 12.0 Å². The number of nitrogens with zero attached hydrogens (tertiary/aromatic N) is 1. The van der Waals surface area contributed by atoms with Crippen molar-refractivity contribution >= 4 is 0 Å². The third kappa shape index (κ3) is 3.08. The van der Waals surface area contributed by atoms with Gasteiger partial charge in [0.25, 0.3) is 5.56 Å². The molecule has 0 amide bonds. The van der Waals surface area contributed by atoms with Gasteiger partial charge in [-0.05, 0) is 17.5 Å². The molecule has 1 aromatic heterocycles. The Morgan fingerprint density at radius 1 is 1.00 bits per heavy atom. The van der Waals surface area contributed by atoms with Gasteiger partial charge in [0.2, 0.25) is 5.88 Å². The average molecular weight is 360 g/mol. The van der Waals surface area contributed by atoms with E-state index in [4.69, 9.17) is 4.74 Å². The van der Waals surface area contributed by atoms with Gasteiger partial charge >= 0.3 is 0 Å². The van der Waals surface area contributed by atoms with Crippen molar-refractivity contribution < 1.29 is 17.9 Å². The number of benzene rings is 2. The second-order valence-corrected chi connectivity index (χ2v) is 5.61. The number of nitrogens with one attached hydrogen (secondary N) is 1. The maximum atomic E-state index is 14.3. The van der Waals surface area contributed by atoms with Crippen LogP contribution in [0.25, 0.3) is 22.3 Å². The number of ether oxygens (including phenoxy) is 1. The normalized spacial score (nSPS) is 10.8. The zero-order valence-corrected chi connectivity index (χ0v) is 14.1. The highest BCUT2D eigenvalue weighted by molar-refractivity contribution is 5.86. The molecule has 0 aliphatic rings. The largest absolute Gasteiger partial charge is 0.480 e. The summed E-state index contributed by atoms with van der Waals surface area (Å²) in [5, 5.41) is 5.96. The van der Waals surface area contributed by atoms with Crippen molar-refractivity contribution in [2.75, 3.05) is 7.11 Å². The SMILES string of the molecule is CCc1ccc(-c2c(OC)n[nH]c(=O)c2-c2c(F)cc(F)cc2F)cc1. The third-order valence-corrected chi connectivity index (χ3v) is 4.05. The van der Waals surface area contributed by atoms with E-state index in [9.17, 15) is 18.0 Å². The predicted octanol–water partition coefficient (Wildman–Crippen LogP) is 4.09. The van der Waals surface area contributed by atoms with Crippen molar-refractivity contribution in [3.63, 3.8) is 0 Å². The number of halogens is 3. The molecule has 1 heterocycles. The van der Waals surface area contributed by atoms with Gasteiger partial charge in [0.1, 0.15) is 17.5 Å². The Morgan fingerprint density at radius 3 is 2.15 bits per heavy atom. The van der Waals surface area contributed by atoms with Gasteiger partial charge in [0.05, 0.1) is 23.8 Å². The molecule has 3 rings (SSSR count). The smallest absolute Gasteiger partial charge is 0.273 e. The van der Waals surface area contributed by atoms with Crippen molar-refractivity contribution in [1.29, 1.82) is 0 Å². The molecule has 7 heteroatoms. The molecule has 2 aromatic carbocycles. The zero-order valence-electron chi connectivity index (χ0n) is 14.1. The number of hydrogen-bond donors (Lipinski definition) is 1. The lowest BCUT2D eigenvalue weighted by Crippen LogP contribution is -2.15. The van der Waals surface area contributed by atoms with Crippen LogP contribution in [0.2, 0.25) is 0 Å². The van der Waals surface area contributed by atoms with E-state index >= 15 is 0 Å². The van der Waals surface area contributed by atoms with E-state index < -0.39 is 28.6 Å². The molecule has 0 bridgehead atoms. The summed E-state index contributed by atoms with van der Waals surface area (Å²) in [6.07, 6.45) is 0.805. The van der Waals surface area contributed by atoms with Crippen LogP contribution < -0.4 is 10.3 Å². The van der Waals surface area contributed by atoms with Gasteiger partial charge in [-0.25, -0.2) is 18.3 Å². The van der Waals surface area contributed by atoms with Crippen molar-refractivity contribution in [1.82, 2.24) is 10.2 Å². The number of methoxy groups -OCH3 is 1. The van der Waals surface area contributed by atoms with Crippen LogP contribution >= 0.6 is 0 Å². The fraction of sp³-hybridized carbons (Fsp3) is 0.158. The first-order valence-corrected chi connectivity index (χ1v) is 7.87. The maximum absolute atomic E-state index is 14.3. The summed E-state index contributed by atoms with van der Waals surface area (Å²) < 4.78 is 47.1. The summed E-state index contributed by atoms with van der Waals surface area (Å²) in [6, 6.07) is 8.12. The van der Waals surface area contributed by atoms with Crippen LogP contribution in [0.5, 0.6) is 5.88 Å². The fourth-order valence-corrected chi connectivity index (χ4v) is 2.78. The van der Waals surface area contributed by atoms with Gasteiger partial charge in [-0.15, -0.1) is 5.10 Å². The molecule has 0 fully saturated rings. The minimum atomic E-state index is -1.19. The summed E-state index contributed by atoms with van der Waals surface area (Å²) >= 11 is 0.